The van der Waals surface area contributed by atoms with Crippen molar-refractivity contribution in [3.8, 4) is 16.3 Å². The predicted molar refractivity (Wildman–Crippen MR) is 81.8 cm³/mol. The Balaban J connectivity index is 1.95. The first kappa shape index (κ1) is 14.1. The molecular formula is C16H17NO3S. The van der Waals surface area contributed by atoms with Crippen LogP contribution in [0.2, 0.25) is 0 Å². The van der Waals surface area contributed by atoms with Gasteiger partial charge in [0.2, 0.25) is 0 Å². The van der Waals surface area contributed by atoms with Crippen molar-refractivity contribution in [2.24, 2.45) is 0 Å². The van der Waals surface area contributed by atoms with E-state index >= 15 is 0 Å². The van der Waals surface area contributed by atoms with Gasteiger partial charge in [-0.1, -0.05) is 12.1 Å². The smallest absolute Gasteiger partial charge is 0.315 e. The van der Waals surface area contributed by atoms with E-state index in [1.165, 1.54) is 4.88 Å². The Kier molecular flexibility index (Phi) is 3.92. The summed E-state index contributed by atoms with van der Waals surface area (Å²) in [6.07, 6.45) is 1.70. The Morgan fingerprint density at radius 2 is 2.24 bits per heavy atom. The number of benzene rings is 1. The minimum atomic E-state index is -0.209. The maximum Gasteiger partial charge on any atom is 0.315 e. The summed E-state index contributed by atoms with van der Waals surface area (Å²) in [5, 5.41) is 0.909. The van der Waals surface area contributed by atoms with E-state index in [1.54, 1.807) is 18.4 Å². The fourth-order valence-corrected chi connectivity index (χ4v) is 3.80. The SMILES string of the molecule is CCOC(=O)C1CCc2sc(-c3ccccc3OC)nc21. The second-order valence-corrected chi connectivity index (χ2v) is 5.95. The van der Waals surface area contributed by atoms with Crippen molar-refractivity contribution >= 4 is 17.3 Å². The molecule has 0 bridgehead atoms. The van der Waals surface area contributed by atoms with E-state index in [9.17, 15) is 4.79 Å². The number of ether oxygens (including phenoxy) is 2. The van der Waals surface area contributed by atoms with Gasteiger partial charge in [-0.2, -0.15) is 0 Å². The van der Waals surface area contributed by atoms with Crippen LogP contribution in [0.1, 0.15) is 29.8 Å². The largest absolute Gasteiger partial charge is 0.496 e. The van der Waals surface area contributed by atoms with E-state index in [0.717, 1.165) is 34.9 Å². The molecule has 21 heavy (non-hydrogen) atoms. The lowest BCUT2D eigenvalue weighted by molar-refractivity contribution is -0.145. The highest BCUT2D eigenvalue weighted by Gasteiger charge is 2.33. The van der Waals surface area contributed by atoms with E-state index in [-0.39, 0.29) is 11.9 Å². The molecule has 1 aromatic carbocycles. The third-order valence-electron chi connectivity index (χ3n) is 3.63. The molecule has 1 heterocycles. The molecule has 5 heteroatoms. The number of aromatic nitrogens is 1. The van der Waals surface area contributed by atoms with Gasteiger partial charge in [0.15, 0.2) is 0 Å². The molecule has 0 aliphatic heterocycles. The number of nitrogens with zero attached hydrogens (tertiary/aromatic N) is 1. The molecule has 1 aliphatic rings. The Morgan fingerprint density at radius 1 is 1.43 bits per heavy atom. The Morgan fingerprint density at radius 3 is 3.00 bits per heavy atom. The number of para-hydroxylation sites is 1. The molecule has 2 aromatic rings. The Bertz CT molecular complexity index is 665. The van der Waals surface area contributed by atoms with Gasteiger partial charge in [0.1, 0.15) is 16.7 Å². The average molecular weight is 303 g/mol. The van der Waals surface area contributed by atoms with Crippen molar-refractivity contribution in [3.63, 3.8) is 0 Å². The lowest BCUT2D eigenvalue weighted by Crippen LogP contribution is -2.14. The number of carbonyl (C=O) groups excluding carboxylic acids is 1. The lowest BCUT2D eigenvalue weighted by atomic mass is 10.1. The summed E-state index contributed by atoms with van der Waals surface area (Å²) >= 11 is 1.64. The summed E-state index contributed by atoms with van der Waals surface area (Å²) in [7, 11) is 1.65. The van der Waals surface area contributed by atoms with Gasteiger partial charge in [-0.15, -0.1) is 11.3 Å². The van der Waals surface area contributed by atoms with E-state index in [2.05, 4.69) is 0 Å². The lowest BCUT2D eigenvalue weighted by Gasteiger charge is -2.08. The number of esters is 1. The van der Waals surface area contributed by atoms with Crippen LogP contribution in [0.5, 0.6) is 5.75 Å². The highest BCUT2D eigenvalue weighted by Crippen LogP contribution is 2.42. The molecule has 110 valence electrons. The number of thiazole rings is 1. The minimum Gasteiger partial charge on any atom is -0.496 e. The topological polar surface area (TPSA) is 48.4 Å². The second-order valence-electron chi connectivity index (χ2n) is 4.87. The van der Waals surface area contributed by atoms with Gasteiger partial charge in [-0.3, -0.25) is 4.79 Å². The molecule has 1 aromatic heterocycles. The van der Waals surface area contributed by atoms with E-state index in [4.69, 9.17) is 14.5 Å². The van der Waals surface area contributed by atoms with Crippen LogP contribution in [0, 0.1) is 0 Å². The molecule has 0 spiro atoms. The summed E-state index contributed by atoms with van der Waals surface area (Å²) in [4.78, 5) is 17.9. The Hall–Kier alpha value is -1.88. The summed E-state index contributed by atoms with van der Waals surface area (Å²) in [5.41, 5.74) is 1.86. The Labute approximate surface area is 127 Å². The van der Waals surface area contributed by atoms with Crippen molar-refractivity contribution < 1.29 is 14.3 Å². The molecule has 1 unspecified atom stereocenters. The van der Waals surface area contributed by atoms with Crippen LogP contribution >= 0.6 is 11.3 Å². The molecule has 4 nitrogen and oxygen atoms in total. The summed E-state index contributed by atoms with van der Waals surface area (Å²) in [6.45, 7) is 2.24. The molecular weight excluding hydrogens is 286 g/mol. The number of rotatable bonds is 4. The van der Waals surface area contributed by atoms with Gasteiger partial charge in [0.05, 0.1) is 25.0 Å². The normalized spacial score (nSPS) is 16.6. The molecule has 3 rings (SSSR count). The zero-order chi connectivity index (χ0) is 14.8. The van der Waals surface area contributed by atoms with Crippen LogP contribution in [0.3, 0.4) is 0 Å². The van der Waals surface area contributed by atoms with Crippen LogP contribution in [0.25, 0.3) is 10.6 Å². The number of hydrogen-bond donors (Lipinski definition) is 0. The minimum absolute atomic E-state index is 0.159. The maximum absolute atomic E-state index is 12.0. The monoisotopic (exact) mass is 303 g/mol. The second kappa shape index (κ2) is 5.85. The number of hydrogen-bond acceptors (Lipinski definition) is 5. The molecule has 0 fully saturated rings. The molecule has 0 saturated carbocycles. The molecule has 1 aliphatic carbocycles. The van der Waals surface area contributed by atoms with Gasteiger partial charge in [0, 0.05) is 4.88 Å². The highest BCUT2D eigenvalue weighted by molar-refractivity contribution is 7.15. The number of aryl methyl sites for hydroxylation is 1. The van der Waals surface area contributed by atoms with Gasteiger partial charge < -0.3 is 9.47 Å². The first-order valence-electron chi connectivity index (χ1n) is 7.04. The third-order valence-corrected chi connectivity index (χ3v) is 4.79. The van der Waals surface area contributed by atoms with Gasteiger partial charge in [-0.25, -0.2) is 4.98 Å². The third kappa shape index (κ3) is 2.53. The van der Waals surface area contributed by atoms with E-state index in [0.29, 0.717) is 6.61 Å². The van der Waals surface area contributed by atoms with Crippen molar-refractivity contribution in [1.29, 1.82) is 0 Å². The fourth-order valence-electron chi connectivity index (χ4n) is 2.64. The van der Waals surface area contributed by atoms with Crippen LogP contribution in [-0.4, -0.2) is 24.7 Å². The number of fused-ring (bicyclic) bond motifs is 1. The predicted octanol–water partition coefficient (Wildman–Crippen LogP) is 3.41. The fraction of sp³-hybridized carbons (Fsp3) is 0.375. The van der Waals surface area contributed by atoms with Gasteiger partial charge in [0.25, 0.3) is 0 Å². The van der Waals surface area contributed by atoms with Gasteiger partial charge in [-0.05, 0) is 31.9 Å². The van der Waals surface area contributed by atoms with Gasteiger partial charge >= 0.3 is 5.97 Å². The first-order chi connectivity index (χ1) is 10.2. The molecule has 0 N–H and O–H groups in total. The van der Waals surface area contributed by atoms with Crippen LogP contribution in [-0.2, 0) is 16.0 Å². The number of carbonyl (C=O) groups is 1. The molecule has 0 amide bonds. The number of methoxy groups -OCH3 is 1. The highest BCUT2D eigenvalue weighted by atomic mass is 32.1. The van der Waals surface area contributed by atoms with Crippen LogP contribution in [0.4, 0.5) is 0 Å². The molecule has 0 radical (unpaired) electrons. The summed E-state index contributed by atoms with van der Waals surface area (Å²) in [5.74, 6) is 0.436. The zero-order valence-corrected chi connectivity index (χ0v) is 12.9. The summed E-state index contributed by atoms with van der Waals surface area (Å²) in [6, 6.07) is 7.81. The maximum atomic E-state index is 12.0. The van der Waals surface area contributed by atoms with Crippen molar-refractivity contribution in [1.82, 2.24) is 4.98 Å². The molecule has 0 saturated heterocycles. The van der Waals surface area contributed by atoms with Crippen molar-refractivity contribution in [3.05, 3.63) is 34.8 Å². The van der Waals surface area contributed by atoms with Crippen molar-refractivity contribution in [2.45, 2.75) is 25.7 Å². The zero-order valence-electron chi connectivity index (χ0n) is 12.1. The standard InChI is InChI=1S/C16H17NO3S/c1-3-20-16(18)11-8-9-13-14(11)17-15(21-13)10-6-4-5-7-12(10)19-2/h4-7,11H,3,8-9H2,1-2H3. The summed E-state index contributed by atoms with van der Waals surface area (Å²) < 4.78 is 10.5. The van der Waals surface area contributed by atoms with Crippen molar-refractivity contribution in [2.75, 3.05) is 13.7 Å². The quantitative estimate of drug-likeness (QED) is 0.812. The first-order valence-corrected chi connectivity index (χ1v) is 7.85. The average Bonchev–Trinajstić information content (AvgIpc) is 3.07. The van der Waals surface area contributed by atoms with E-state index < -0.39 is 0 Å². The molecule has 1 atom stereocenters. The van der Waals surface area contributed by atoms with E-state index in [1.807, 2.05) is 31.2 Å². The van der Waals surface area contributed by atoms with Crippen LogP contribution in [0.15, 0.2) is 24.3 Å². The van der Waals surface area contributed by atoms with Crippen LogP contribution < -0.4 is 4.74 Å².